The zero-order chi connectivity index (χ0) is 11.1. The highest BCUT2D eigenvalue weighted by molar-refractivity contribution is 5.19. The van der Waals surface area contributed by atoms with Crippen molar-refractivity contribution >= 4 is 0 Å². The summed E-state index contributed by atoms with van der Waals surface area (Å²) in [7, 11) is 0. The van der Waals surface area contributed by atoms with Crippen LogP contribution in [0.1, 0.15) is 51.0 Å². The average molecular weight is 206 g/mol. The molecule has 1 saturated carbocycles. The van der Waals surface area contributed by atoms with Crippen molar-refractivity contribution in [1.29, 1.82) is 0 Å². The lowest BCUT2D eigenvalue weighted by molar-refractivity contribution is 0.122. The van der Waals surface area contributed by atoms with Gasteiger partial charge in [-0.05, 0) is 37.2 Å². The molecule has 1 aromatic carbocycles. The van der Waals surface area contributed by atoms with Gasteiger partial charge in [-0.2, -0.15) is 0 Å². The molecule has 0 saturated heterocycles. The molecule has 0 unspecified atom stereocenters. The van der Waals surface area contributed by atoms with Crippen molar-refractivity contribution in [2.45, 2.75) is 51.6 Å². The molecule has 0 aliphatic heterocycles. The third-order valence-corrected chi connectivity index (χ3v) is 2.97. The molecule has 0 atom stereocenters. The van der Waals surface area contributed by atoms with Gasteiger partial charge in [-0.25, -0.2) is 0 Å². The van der Waals surface area contributed by atoms with Gasteiger partial charge < -0.3 is 5.11 Å². The van der Waals surface area contributed by atoms with Crippen LogP contribution in [-0.4, -0.2) is 11.2 Å². The molecule has 0 heterocycles. The van der Waals surface area contributed by atoms with E-state index in [0.29, 0.717) is 5.92 Å². The van der Waals surface area contributed by atoms with Crippen molar-refractivity contribution in [3.8, 4) is 0 Å². The Morgan fingerprint density at radius 1 is 0.933 bits per heavy atom. The zero-order valence-corrected chi connectivity index (χ0v) is 9.82. The van der Waals surface area contributed by atoms with Crippen LogP contribution in [0, 0.1) is 0 Å². The van der Waals surface area contributed by atoms with E-state index in [-0.39, 0.29) is 6.10 Å². The largest absolute Gasteiger partial charge is 0.393 e. The van der Waals surface area contributed by atoms with E-state index in [9.17, 15) is 5.11 Å². The molecular formula is C14H22O. The highest BCUT2D eigenvalue weighted by atomic mass is 16.3. The highest BCUT2D eigenvalue weighted by Gasteiger charge is 2.19. The summed E-state index contributed by atoms with van der Waals surface area (Å²) in [6.45, 7) is 4.00. The maximum absolute atomic E-state index is 9.37. The third kappa shape index (κ3) is 3.67. The number of aliphatic hydroxyl groups excluding tert-OH is 1. The average Bonchev–Trinajstić information content (AvgIpc) is 2.34. The van der Waals surface area contributed by atoms with Crippen molar-refractivity contribution in [3.05, 3.63) is 35.9 Å². The van der Waals surface area contributed by atoms with Gasteiger partial charge in [0, 0.05) is 0 Å². The molecule has 0 bridgehead atoms. The topological polar surface area (TPSA) is 20.2 Å². The molecule has 1 nitrogen and oxygen atoms in total. The number of hydrogen-bond donors (Lipinski definition) is 1. The molecule has 2 rings (SSSR count). The summed E-state index contributed by atoms with van der Waals surface area (Å²) in [5.41, 5.74) is 1.44. The second-order valence-electron chi connectivity index (χ2n) is 3.92. The predicted molar refractivity (Wildman–Crippen MR) is 65.0 cm³/mol. The van der Waals surface area contributed by atoms with Crippen molar-refractivity contribution < 1.29 is 5.11 Å². The van der Waals surface area contributed by atoms with E-state index < -0.39 is 0 Å². The Balaban J connectivity index is 0.000000531. The van der Waals surface area contributed by atoms with E-state index in [1.807, 2.05) is 13.8 Å². The SMILES string of the molecule is CC.OC1CCC(c2ccccc2)CC1. The van der Waals surface area contributed by atoms with E-state index in [4.69, 9.17) is 0 Å². The molecule has 1 aliphatic carbocycles. The Kier molecular flexibility index (Phi) is 5.41. The molecule has 0 amide bonds. The zero-order valence-electron chi connectivity index (χ0n) is 9.82. The number of benzene rings is 1. The van der Waals surface area contributed by atoms with Crippen molar-refractivity contribution in [1.82, 2.24) is 0 Å². The minimum absolute atomic E-state index is 0.0417. The molecule has 1 fully saturated rings. The minimum atomic E-state index is -0.0417. The second kappa shape index (κ2) is 6.62. The van der Waals surface area contributed by atoms with Crippen LogP contribution in [0.25, 0.3) is 0 Å². The number of hydrogen-bond acceptors (Lipinski definition) is 1. The summed E-state index contributed by atoms with van der Waals surface area (Å²) < 4.78 is 0. The molecule has 15 heavy (non-hydrogen) atoms. The highest BCUT2D eigenvalue weighted by Crippen LogP contribution is 2.32. The minimum Gasteiger partial charge on any atom is -0.393 e. The van der Waals surface area contributed by atoms with E-state index >= 15 is 0 Å². The smallest absolute Gasteiger partial charge is 0.0540 e. The first kappa shape index (κ1) is 12.3. The van der Waals surface area contributed by atoms with Crippen LogP contribution in [0.4, 0.5) is 0 Å². The van der Waals surface area contributed by atoms with Crippen LogP contribution in [0.5, 0.6) is 0 Å². The van der Waals surface area contributed by atoms with Gasteiger partial charge >= 0.3 is 0 Å². The van der Waals surface area contributed by atoms with E-state index in [1.54, 1.807) is 0 Å². The summed E-state index contributed by atoms with van der Waals surface area (Å²) in [6, 6.07) is 10.6. The fourth-order valence-electron chi connectivity index (χ4n) is 2.13. The molecule has 0 spiro atoms. The Hall–Kier alpha value is -0.820. The standard InChI is InChI=1S/C12H16O.C2H6/c13-12-8-6-11(7-9-12)10-4-2-1-3-5-10;1-2/h1-5,11-13H,6-9H2;1-2H3. The Bertz CT molecular complexity index is 247. The Morgan fingerprint density at radius 3 is 2.00 bits per heavy atom. The lowest BCUT2D eigenvalue weighted by Gasteiger charge is -2.25. The third-order valence-electron chi connectivity index (χ3n) is 2.97. The van der Waals surface area contributed by atoms with Gasteiger partial charge in [-0.1, -0.05) is 44.2 Å². The van der Waals surface area contributed by atoms with Crippen molar-refractivity contribution in [3.63, 3.8) is 0 Å². The lowest BCUT2D eigenvalue weighted by Crippen LogP contribution is -2.16. The van der Waals surface area contributed by atoms with Gasteiger partial charge in [-0.15, -0.1) is 0 Å². The summed E-state index contributed by atoms with van der Waals surface area (Å²) >= 11 is 0. The molecule has 0 aromatic heterocycles. The monoisotopic (exact) mass is 206 g/mol. The lowest BCUT2D eigenvalue weighted by atomic mass is 9.83. The fourth-order valence-corrected chi connectivity index (χ4v) is 2.13. The first-order chi connectivity index (χ1) is 7.36. The summed E-state index contributed by atoms with van der Waals surface area (Å²) in [6.07, 6.45) is 4.19. The molecule has 1 N–H and O–H groups in total. The predicted octanol–water partition coefficient (Wildman–Crippen LogP) is 3.73. The van der Waals surface area contributed by atoms with E-state index in [0.717, 1.165) is 25.7 Å². The second-order valence-corrected chi connectivity index (χ2v) is 3.92. The molecule has 1 aliphatic rings. The van der Waals surface area contributed by atoms with Crippen molar-refractivity contribution in [2.24, 2.45) is 0 Å². The van der Waals surface area contributed by atoms with Crippen LogP contribution < -0.4 is 0 Å². The maximum Gasteiger partial charge on any atom is 0.0540 e. The first-order valence-corrected chi connectivity index (χ1v) is 6.09. The van der Waals surface area contributed by atoms with Crippen LogP contribution in [0.15, 0.2) is 30.3 Å². The first-order valence-electron chi connectivity index (χ1n) is 6.09. The summed E-state index contributed by atoms with van der Waals surface area (Å²) in [5, 5.41) is 9.37. The van der Waals surface area contributed by atoms with Crippen molar-refractivity contribution in [2.75, 3.05) is 0 Å². The number of rotatable bonds is 1. The molecule has 1 heteroatoms. The van der Waals surface area contributed by atoms with Gasteiger partial charge in [-0.3, -0.25) is 0 Å². The van der Waals surface area contributed by atoms with Gasteiger partial charge in [0.25, 0.3) is 0 Å². The fraction of sp³-hybridized carbons (Fsp3) is 0.571. The van der Waals surface area contributed by atoms with Crippen LogP contribution in [-0.2, 0) is 0 Å². The van der Waals surface area contributed by atoms with E-state index in [2.05, 4.69) is 30.3 Å². The Morgan fingerprint density at radius 2 is 1.47 bits per heavy atom. The van der Waals surface area contributed by atoms with Gasteiger partial charge in [0.05, 0.1) is 6.10 Å². The molecular weight excluding hydrogens is 184 g/mol. The Labute approximate surface area is 93.1 Å². The molecule has 1 aromatic rings. The van der Waals surface area contributed by atoms with E-state index in [1.165, 1.54) is 5.56 Å². The van der Waals surface area contributed by atoms with Crippen LogP contribution in [0.2, 0.25) is 0 Å². The molecule has 84 valence electrons. The van der Waals surface area contributed by atoms with Crippen LogP contribution >= 0.6 is 0 Å². The van der Waals surface area contributed by atoms with Gasteiger partial charge in [0.1, 0.15) is 0 Å². The maximum atomic E-state index is 9.37. The molecule has 0 radical (unpaired) electrons. The number of aliphatic hydroxyl groups is 1. The normalized spacial score (nSPS) is 25.3. The van der Waals surface area contributed by atoms with Gasteiger partial charge in [0.15, 0.2) is 0 Å². The quantitative estimate of drug-likeness (QED) is 0.742. The van der Waals surface area contributed by atoms with Crippen LogP contribution in [0.3, 0.4) is 0 Å². The summed E-state index contributed by atoms with van der Waals surface area (Å²) in [4.78, 5) is 0. The summed E-state index contributed by atoms with van der Waals surface area (Å²) in [5.74, 6) is 0.685. The van der Waals surface area contributed by atoms with Gasteiger partial charge in [0.2, 0.25) is 0 Å².